The number of anilines is 1. The second-order valence-corrected chi connectivity index (χ2v) is 7.51. The zero-order valence-corrected chi connectivity index (χ0v) is 15.9. The van der Waals surface area contributed by atoms with E-state index >= 15 is 0 Å². The summed E-state index contributed by atoms with van der Waals surface area (Å²) in [5.74, 6) is -0.976. The second-order valence-electron chi connectivity index (χ2n) is 7.51. The largest absolute Gasteiger partial charge is 0.379 e. The summed E-state index contributed by atoms with van der Waals surface area (Å²) in [6.07, 6.45) is 3.34. The Morgan fingerprint density at radius 1 is 1.22 bits per heavy atom. The standard InChI is InChI=1S/C20H29F2N3O2/c1-15(20(26)23-19-3-2-17(21)14-18(19)22)25-8-5-16(6-9-25)4-7-24-10-12-27-13-11-24/h2-3,14-16H,4-13H2,1H3,(H,23,26). The van der Waals surface area contributed by atoms with E-state index < -0.39 is 11.6 Å². The van der Waals surface area contributed by atoms with Crippen LogP contribution in [0, 0.1) is 17.6 Å². The van der Waals surface area contributed by atoms with Gasteiger partial charge in [0, 0.05) is 19.2 Å². The molecule has 7 heteroatoms. The minimum atomic E-state index is -0.752. The molecule has 1 atom stereocenters. The number of nitrogens with one attached hydrogen (secondary N) is 1. The number of halogens is 2. The van der Waals surface area contributed by atoms with Crippen molar-refractivity contribution in [1.29, 1.82) is 0 Å². The molecule has 1 unspecified atom stereocenters. The van der Waals surface area contributed by atoms with Crippen LogP contribution in [0.25, 0.3) is 0 Å². The highest BCUT2D eigenvalue weighted by molar-refractivity contribution is 5.94. The lowest BCUT2D eigenvalue weighted by Gasteiger charge is -2.36. The Morgan fingerprint density at radius 2 is 1.93 bits per heavy atom. The number of likely N-dealkylation sites (tertiary alicyclic amines) is 1. The van der Waals surface area contributed by atoms with Crippen LogP contribution < -0.4 is 5.32 Å². The molecule has 150 valence electrons. The Balaban J connectivity index is 1.42. The Bertz CT molecular complexity index is 630. The third kappa shape index (κ3) is 5.70. The first-order chi connectivity index (χ1) is 13.0. The number of carbonyl (C=O) groups is 1. The van der Waals surface area contributed by atoms with Crippen LogP contribution in [-0.4, -0.2) is 67.7 Å². The maximum absolute atomic E-state index is 13.7. The molecule has 2 heterocycles. The highest BCUT2D eigenvalue weighted by Gasteiger charge is 2.27. The fourth-order valence-corrected chi connectivity index (χ4v) is 3.81. The number of ether oxygens (including phenoxy) is 1. The van der Waals surface area contributed by atoms with Gasteiger partial charge in [-0.1, -0.05) is 0 Å². The molecule has 2 aliphatic rings. The van der Waals surface area contributed by atoms with Crippen molar-refractivity contribution >= 4 is 11.6 Å². The molecule has 2 saturated heterocycles. The number of morpholine rings is 1. The summed E-state index contributed by atoms with van der Waals surface area (Å²) in [6, 6.07) is 2.84. The lowest BCUT2D eigenvalue weighted by Crippen LogP contribution is -2.46. The molecule has 5 nitrogen and oxygen atoms in total. The molecule has 1 aromatic rings. The van der Waals surface area contributed by atoms with Gasteiger partial charge in [0.2, 0.25) is 5.91 Å². The number of amides is 1. The van der Waals surface area contributed by atoms with Crippen LogP contribution in [-0.2, 0) is 9.53 Å². The van der Waals surface area contributed by atoms with Gasteiger partial charge in [-0.05, 0) is 63.9 Å². The van der Waals surface area contributed by atoms with Gasteiger partial charge < -0.3 is 10.1 Å². The van der Waals surface area contributed by atoms with Gasteiger partial charge in [-0.3, -0.25) is 14.6 Å². The fraction of sp³-hybridized carbons (Fsp3) is 0.650. The van der Waals surface area contributed by atoms with Gasteiger partial charge in [-0.25, -0.2) is 8.78 Å². The minimum absolute atomic E-state index is 0.0219. The molecule has 27 heavy (non-hydrogen) atoms. The molecule has 2 aliphatic heterocycles. The number of carbonyl (C=O) groups excluding carboxylic acids is 1. The van der Waals surface area contributed by atoms with Crippen molar-refractivity contribution in [2.24, 2.45) is 5.92 Å². The summed E-state index contributed by atoms with van der Waals surface area (Å²) in [5.41, 5.74) is 0.0219. The number of hydrogen-bond acceptors (Lipinski definition) is 4. The Hall–Kier alpha value is -1.57. The van der Waals surface area contributed by atoms with E-state index in [1.54, 1.807) is 0 Å². The molecular formula is C20H29F2N3O2. The number of piperidine rings is 1. The van der Waals surface area contributed by atoms with E-state index in [0.29, 0.717) is 5.92 Å². The first-order valence-electron chi connectivity index (χ1n) is 9.83. The van der Waals surface area contributed by atoms with Crippen molar-refractivity contribution in [2.45, 2.75) is 32.2 Å². The molecule has 1 aromatic carbocycles. The van der Waals surface area contributed by atoms with Crippen molar-refractivity contribution in [1.82, 2.24) is 9.80 Å². The van der Waals surface area contributed by atoms with Crippen LogP contribution in [0.4, 0.5) is 14.5 Å². The van der Waals surface area contributed by atoms with Gasteiger partial charge in [0.1, 0.15) is 11.6 Å². The summed E-state index contributed by atoms with van der Waals surface area (Å²) in [5, 5.41) is 2.57. The van der Waals surface area contributed by atoms with Gasteiger partial charge in [0.25, 0.3) is 0 Å². The zero-order valence-electron chi connectivity index (χ0n) is 15.9. The van der Waals surface area contributed by atoms with Gasteiger partial charge in [0.15, 0.2) is 0 Å². The van der Waals surface area contributed by atoms with E-state index in [-0.39, 0.29) is 17.6 Å². The van der Waals surface area contributed by atoms with Crippen LogP contribution in [0.2, 0.25) is 0 Å². The average molecular weight is 381 g/mol. The van der Waals surface area contributed by atoms with Crippen LogP contribution in [0.3, 0.4) is 0 Å². The quantitative estimate of drug-likeness (QED) is 0.823. The molecular weight excluding hydrogens is 352 g/mol. The molecule has 3 rings (SSSR count). The Morgan fingerprint density at radius 3 is 2.59 bits per heavy atom. The molecule has 0 bridgehead atoms. The molecule has 0 radical (unpaired) electrons. The van der Waals surface area contributed by atoms with E-state index in [1.165, 1.54) is 12.5 Å². The van der Waals surface area contributed by atoms with Crippen LogP contribution >= 0.6 is 0 Å². The summed E-state index contributed by atoms with van der Waals surface area (Å²) in [7, 11) is 0. The molecule has 0 aliphatic carbocycles. The number of rotatable bonds is 6. The SMILES string of the molecule is CC(C(=O)Nc1ccc(F)cc1F)N1CCC(CCN2CCOCC2)CC1. The second kappa shape index (κ2) is 9.57. The first-order valence-corrected chi connectivity index (χ1v) is 9.83. The van der Waals surface area contributed by atoms with E-state index in [0.717, 1.165) is 70.9 Å². The third-order valence-electron chi connectivity index (χ3n) is 5.72. The third-order valence-corrected chi connectivity index (χ3v) is 5.72. The predicted molar refractivity (Wildman–Crippen MR) is 101 cm³/mol. The number of nitrogens with zero attached hydrogens (tertiary/aromatic N) is 2. The zero-order chi connectivity index (χ0) is 19.2. The highest BCUT2D eigenvalue weighted by Crippen LogP contribution is 2.23. The van der Waals surface area contributed by atoms with Crippen molar-refractivity contribution in [3.05, 3.63) is 29.8 Å². The molecule has 1 amide bonds. The molecule has 0 aromatic heterocycles. The summed E-state index contributed by atoms with van der Waals surface area (Å²) < 4.78 is 32.1. The smallest absolute Gasteiger partial charge is 0.241 e. The van der Waals surface area contributed by atoms with Crippen molar-refractivity contribution in [2.75, 3.05) is 51.3 Å². The van der Waals surface area contributed by atoms with Crippen molar-refractivity contribution < 1.29 is 18.3 Å². The molecule has 1 N–H and O–H groups in total. The lowest BCUT2D eigenvalue weighted by atomic mass is 9.92. The van der Waals surface area contributed by atoms with E-state index in [4.69, 9.17) is 4.74 Å². The monoisotopic (exact) mass is 381 g/mol. The summed E-state index contributed by atoms with van der Waals surface area (Å²) >= 11 is 0. The molecule has 0 saturated carbocycles. The van der Waals surface area contributed by atoms with Crippen LogP contribution in [0.15, 0.2) is 18.2 Å². The normalized spacial score (nSPS) is 21.1. The van der Waals surface area contributed by atoms with Crippen molar-refractivity contribution in [3.63, 3.8) is 0 Å². The Kier molecular flexibility index (Phi) is 7.15. The summed E-state index contributed by atoms with van der Waals surface area (Å²) in [4.78, 5) is 17.0. The van der Waals surface area contributed by atoms with Gasteiger partial charge in [-0.2, -0.15) is 0 Å². The van der Waals surface area contributed by atoms with Crippen molar-refractivity contribution in [3.8, 4) is 0 Å². The number of benzene rings is 1. The van der Waals surface area contributed by atoms with E-state index in [9.17, 15) is 13.6 Å². The molecule has 0 spiro atoms. The van der Waals surface area contributed by atoms with Gasteiger partial charge in [-0.15, -0.1) is 0 Å². The predicted octanol–water partition coefficient (Wildman–Crippen LogP) is 2.73. The van der Waals surface area contributed by atoms with Crippen LogP contribution in [0.1, 0.15) is 26.2 Å². The minimum Gasteiger partial charge on any atom is -0.379 e. The van der Waals surface area contributed by atoms with E-state index in [2.05, 4.69) is 15.1 Å². The summed E-state index contributed by atoms with van der Waals surface area (Å²) in [6.45, 7) is 8.41. The average Bonchev–Trinajstić information content (AvgIpc) is 2.69. The maximum Gasteiger partial charge on any atom is 0.241 e. The van der Waals surface area contributed by atoms with Crippen LogP contribution in [0.5, 0.6) is 0 Å². The topological polar surface area (TPSA) is 44.8 Å². The number of hydrogen-bond donors (Lipinski definition) is 1. The first kappa shape index (κ1) is 20.2. The molecule has 2 fully saturated rings. The van der Waals surface area contributed by atoms with E-state index in [1.807, 2.05) is 6.92 Å². The van der Waals surface area contributed by atoms with Gasteiger partial charge in [0.05, 0.1) is 24.9 Å². The van der Waals surface area contributed by atoms with Gasteiger partial charge >= 0.3 is 0 Å². The fourth-order valence-electron chi connectivity index (χ4n) is 3.81. The maximum atomic E-state index is 13.7. The lowest BCUT2D eigenvalue weighted by molar-refractivity contribution is -0.121. The highest BCUT2D eigenvalue weighted by atomic mass is 19.1. The Labute approximate surface area is 159 Å².